The summed E-state index contributed by atoms with van der Waals surface area (Å²) >= 11 is 0. The summed E-state index contributed by atoms with van der Waals surface area (Å²) in [6, 6.07) is 5.83. The summed E-state index contributed by atoms with van der Waals surface area (Å²) in [4.78, 5) is 12.2. The van der Waals surface area contributed by atoms with E-state index >= 15 is 0 Å². The zero-order valence-corrected chi connectivity index (χ0v) is 14.3. The van der Waals surface area contributed by atoms with Crippen LogP contribution in [0, 0.1) is 11.3 Å². The van der Waals surface area contributed by atoms with E-state index in [-0.39, 0.29) is 24.6 Å². The Morgan fingerprint density at radius 1 is 1.36 bits per heavy atom. The molecule has 1 fully saturated rings. The highest BCUT2D eigenvalue weighted by molar-refractivity contribution is 6.04. The first kappa shape index (κ1) is 15.8. The summed E-state index contributed by atoms with van der Waals surface area (Å²) in [6.07, 6.45) is 5.77. The molecule has 0 N–H and O–H groups in total. The smallest absolute Gasteiger partial charge is 0.231 e. The summed E-state index contributed by atoms with van der Waals surface area (Å²) in [7, 11) is 1.51. The van der Waals surface area contributed by atoms with Crippen LogP contribution in [0.3, 0.4) is 0 Å². The summed E-state index contributed by atoms with van der Waals surface area (Å²) in [6.45, 7) is 6.25. The van der Waals surface area contributed by atoms with Gasteiger partial charge >= 0.3 is 0 Å². The number of hydrogen-bond acceptors (Lipinski definition) is 5. The van der Waals surface area contributed by atoms with Crippen LogP contribution in [0.5, 0.6) is 11.5 Å². The fourth-order valence-electron chi connectivity index (χ4n) is 3.90. The number of rotatable bonds is 4. The maximum absolute atomic E-state index is 12.2. The molecule has 1 aromatic carbocycles. The third-order valence-electron chi connectivity index (χ3n) is 5.30. The van der Waals surface area contributed by atoms with Crippen molar-refractivity contribution in [2.45, 2.75) is 19.4 Å². The van der Waals surface area contributed by atoms with Gasteiger partial charge in [0.2, 0.25) is 12.6 Å². The maximum Gasteiger partial charge on any atom is 0.231 e. The van der Waals surface area contributed by atoms with Gasteiger partial charge in [-0.05, 0) is 30.2 Å². The van der Waals surface area contributed by atoms with Crippen LogP contribution in [0.2, 0.25) is 0 Å². The predicted octanol–water partition coefficient (Wildman–Crippen LogP) is 3.68. The van der Waals surface area contributed by atoms with Crippen molar-refractivity contribution >= 4 is 5.78 Å². The fourth-order valence-corrected chi connectivity index (χ4v) is 3.90. The van der Waals surface area contributed by atoms with Crippen molar-refractivity contribution in [2.24, 2.45) is 11.3 Å². The minimum absolute atomic E-state index is 0.0929. The lowest BCUT2D eigenvalue weighted by atomic mass is 9.69. The lowest BCUT2D eigenvalue weighted by Gasteiger charge is -2.31. The van der Waals surface area contributed by atoms with E-state index in [1.54, 1.807) is 6.08 Å². The largest absolute Gasteiger partial charge is 0.493 e. The monoisotopic (exact) mass is 340 g/mol. The molecule has 25 heavy (non-hydrogen) atoms. The predicted molar refractivity (Wildman–Crippen MR) is 91.0 cm³/mol. The van der Waals surface area contributed by atoms with Crippen molar-refractivity contribution in [3.05, 3.63) is 60.1 Å². The van der Waals surface area contributed by atoms with E-state index in [0.29, 0.717) is 17.9 Å². The highest BCUT2D eigenvalue weighted by Crippen LogP contribution is 2.58. The Kier molecular flexibility index (Phi) is 3.60. The first-order chi connectivity index (χ1) is 12.1. The van der Waals surface area contributed by atoms with Gasteiger partial charge in [-0.2, -0.15) is 0 Å². The molecule has 5 heteroatoms. The standard InChI is InChI=1S/C20H20O5/c1-4-7-20-10-17(22-3)14(21)9-18(20)25-19(12(20)2)13-5-6-15-16(8-13)24-11-23-15/h4-6,8-10,12,19H,1,7,11H2,2-3H3/t12-,19?,20-/m1/s1. The van der Waals surface area contributed by atoms with Gasteiger partial charge in [0.25, 0.3) is 0 Å². The Balaban J connectivity index is 1.76. The zero-order chi connectivity index (χ0) is 17.6. The second-order valence-electron chi connectivity index (χ2n) is 6.56. The van der Waals surface area contributed by atoms with Gasteiger partial charge in [0, 0.05) is 12.0 Å². The van der Waals surface area contributed by atoms with E-state index in [2.05, 4.69) is 13.5 Å². The number of carbonyl (C=O) groups is 1. The molecule has 1 unspecified atom stereocenters. The summed E-state index contributed by atoms with van der Waals surface area (Å²) in [5.74, 6) is 2.41. The van der Waals surface area contributed by atoms with Crippen LogP contribution in [-0.2, 0) is 14.3 Å². The number of benzene rings is 1. The van der Waals surface area contributed by atoms with Gasteiger partial charge in [-0.25, -0.2) is 0 Å². The third-order valence-corrected chi connectivity index (χ3v) is 5.30. The molecule has 5 nitrogen and oxygen atoms in total. The third kappa shape index (κ3) is 2.26. The van der Waals surface area contributed by atoms with Crippen LogP contribution in [-0.4, -0.2) is 19.7 Å². The molecule has 1 aromatic rings. The van der Waals surface area contributed by atoms with E-state index in [4.69, 9.17) is 18.9 Å². The molecule has 0 bridgehead atoms. The number of carbonyl (C=O) groups excluding carboxylic acids is 1. The average molecular weight is 340 g/mol. The maximum atomic E-state index is 12.2. The molecule has 0 spiro atoms. The molecule has 3 aliphatic rings. The highest BCUT2D eigenvalue weighted by atomic mass is 16.7. The van der Waals surface area contributed by atoms with Gasteiger partial charge in [-0.1, -0.05) is 19.1 Å². The second-order valence-corrected chi connectivity index (χ2v) is 6.56. The van der Waals surface area contributed by atoms with Crippen LogP contribution in [0.1, 0.15) is 25.0 Å². The molecule has 0 radical (unpaired) electrons. The summed E-state index contributed by atoms with van der Waals surface area (Å²) in [5.41, 5.74) is 0.567. The lowest BCUT2D eigenvalue weighted by molar-refractivity contribution is -0.114. The van der Waals surface area contributed by atoms with Crippen molar-refractivity contribution in [2.75, 3.05) is 13.9 Å². The molecular weight excluding hydrogens is 320 g/mol. The molecule has 1 saturated heterocycles. The van der Waals surface area contributed by atoms with Crippen LogP contribution in [0.25, 0.3) is 0 Å². The van der Waals surface area contributed by atoms with E-state index in [9.17, 15) is 4.79 Å². The topological polar surface area (TPSA) is 54.0 Å². The Bertz CT molecular complexity index is 806. The molecule has 2 heterocycles. The second kappa shape index (κ2) is 5.69. The first-order valence-electron chi connectivity index (χ1n) is 8.29. The van der Waals surface area contributed by atoms with E-state index in [1.807, 2.05) is 30.4 Å². The molecule has 4 rings (SSSR count). The molecule has 0 amide bonds. The van der Waals surface area contributed by atoms with Crippen molar-refractivity contribution in [3.8, 4) is 11.5 Å². The van der Waals surface area contributed by atoms with Gasteiger partial charge in [0.1, 0.15) is 11.9 Å². The van der Waals surface area contributed by atoms with Crippen molar-refractivity contribution in [1.29, 1.82) is 0 Å². The van der Waals surface area contributed by atoms with Crippen molar-refractivity contribution in [3.63, 3.8) is 0 Å². The highest BCUT2D eigenvalue weighted by Gasteiger charge is 2.53. The lowest BCUT2D eigenvalue weighted by Crippen LogP contribution is -2.29. The molecule has 3 atom stereocenters. The quantitative estimate of drug-likeness (QED) is 0.783. The number of fused-ring (bicyclic) bond motifs is 2. The minimum atomic E-state index is -0.429. The molecule has 2 aliphatic heterocycles. The van der Waals surface area contributed by atoms with Gasteiger partial charge in [0.15, 0.2) is 17.3 Å². The molecular formula is C20H20O5. The fraction of sp³-hybridized carbons (Fsp3) is 0.350. The normalized spacial score (nSPS) is 29.4. The number of ketones is 1. The van der Waals surface area contributed by atoms with Crippen LogP contribution in [0.4, 0.5) is 0 Å². The molecule has 0 aromatic heterocycles. The Labute approximate surface area is 146 Å². The summed E-state index contributed by atoms with van der Waals surface area (Å²) < 4.78 is 22.4. The molecule has 130 valence electrons. The summed E-state index contributed by atoms with van der Waals surface area (Å²) in [5, 5.41) is 0. The number of methoxy groups -OCH3 is 1. The average Bonchev–Trinajstić information content (AvgIpc) is 3.18. The number of ether oxygens (including phenoxy) is 4. The zero-order valence-electron chi connectivity index (χ0n) is 14.3. The van der Waals surface area contributed by atoms with Crippen LogP contribution in [0.15, 0.2) is 54.5 Å². The van der Waals surface area contributed by atoms with Crippen LogP contribution >= 0.6 is 0 Å². The Hall–Kier alpha value is -2.69. The first-order valence-corrected chi connectivity index (χ1v) is 8.29. The van der Waals surface area contributed by atoms with Crippen molar-refractivity contribution in [1.82, 2.24) is 0 Å². The molecule has 1 aliphatic carbocycles. The Morgan fingerprint density at radius 2 is 2.16 bits per heavy atom. The van der Waals surface area contributed by atoms with Crippen molar-refractivity contribution < 1.29 is 23.7 Å². The van der Waals surface area contributed by atoms with E-state index in [0.717, 1.165) is 17.1 Å². The number of allylic oxidation sites excluding steroid dienone is 3. The number of hydrogen-bond donors (Lipinski definition) is 0. The van der Waals surface area contributed by atoms with Gasteiger partial charge < -0.3 is 18.9 Å². The van der Waals surface area contributed by atoms with Gasteiger partial charge in [-0.15, -0.1) is 6.58 Å². The SMILES string of the molecule is C=CC[C@]12C=C(OC)C(=O)C=C1OC(c1ccc3c(c1)OCO3)[C@H]2C. The van der Waals surface area contributed by atoms with Crippen LogP contribution < -0.4 is 9.47 Å². The van der Waals surface area contributed by atoms with E-state index < -0.39 is 5.41 Å². The van der Waals surface area contributed by atoms with Gasteiger partial charge in [0.05, 0.1) is 12.5 Å². The van der Waals surface area contributed by atoms with E-state index in [1.165, 1.54) is 7.11 Å². The Morgan fingerprint density at radius 3 is 2.92 bits per heavy atom. The van der Waals surface area contributed by atoms with Gasteiger partial charge in [-0.3, -0.25) is 4.79 Å². The molecule has 0 saturated carbocycles. The minimum Gasteiger partial charge on any atom is -0.493 e.